The van der Waals surface area contributed by atoms with Gasteiger partial charge in [-0.25, -0.2) is 4.79 Å². The van der Waals surface area contributed by atoms with Gasteiger partial charge in [0.2, 0.25) is 0 Å². The number of rotatable bonds is 6. The molecule has 0 fully saturated rings. The van der Waals surface area contributed by atoms with Gasteiger partial charge in [0.05, 0.1) is 6.61 Å². The number of nitrogens with two attached hydrogens (primary N) is 1. The number of aliphatic hydroxyl groups is 4. The summed E-state index contributed by atoms with van der Waals surface area (Å²) in [5.41, 5.74) is 5.01. The van der Waals surface area contributed by atoms with Crippen LogP contribution in [0.3, 0.4) is 0 Å². The van der Waals surface area contributed by atoms with Crippen LogP contribution < -0.4 is 5.73 Å². The largest absolute Gasteiger partial charge is 0.449 e. The maximum atomic E-state index is 10.9. The molecule has 0 rings (SSSR count). The fourth-order valence-corrected chi connectivity index (χ4v) is 1.17. The lowest BCUT2D eigenvalue weighted by molar-refractivity contribution is -0.144. The van der Waals surface area contributed by atoms with Gasteiger partial charge in [-0.05, 0) is 0 Å². The molecule has 0 aliphatic heterocycles. The molecule has 102 valence electrons. The molecule has 0 aliphatic rings. The molecule has 17 heavy (non-hydrogen) atoms. The minimum atomic E-state index is -5.09. The van der Waals surface area contributed by atoms with Crippen molar-refractivity contribution in [3.8, 4) is 0 Å². The molecule has 0 amide bonds. The summed E-state index contributed by atoms with van der Waals surface area (Å²) in [6, 6.07) is -2.03. The number of aliphatic hydroxyl groups excluding tert-OH is 4. The Kier molecular flexibility index (Phi) is 5.91. The third-order valence-electron chi connectivity index (χ3n) is 1.76. The fraction of sp³-hybridized carbons (Fsp3) is 0.833. The molecule has 7 N–H and O–H groups in total. The summed E-state index contributed by atoms with van der Waals surface area (Å²) < 4.78 is 31.9. The smallest absolute Gasteiger partial charge is 0.394 e. The Balaban J connectivity index is 4.59. The second-order valence-corrected chi connectivity index (χ2v) is 4.11. The average Bonchev–Trinajstić information content (AvgIpc) is 2.22. The lowest BCUT2D eigenvalue weighted by Crippen LogP contribution is -2.53. The second-order valence-electron chi connectivity index (χ2n) is 3.09. The molecular weight excluding hydrogens is 262 g/mol. The van der Waals surface area contributed by atoms with E-state index in [1.807, 2.05) is 0 Å². The standard InChI is InChI=1S/C6H13NO9S/c7-3(6(12)16-17(13,14)15)5(11)4(10)2(9)1-8/h2-5,8-11H,1,7H2,(H,13,14,15)/t2-,3-,4-,5-/m1/s1. The van der Waals surface area contributed by atoms with E-state index in [-0.39, 0.29) is 0 Å². The second kappa shape index (κ2) is 6.20. The lowest BCUT2D eigenvalue weighted by Gasteiger charge is -2.24. The summed E-state index contributed by atoms with van der Waals surface area (Å²) in [5, 5.41) is 35.7. The summed E-state index contributed by atoms with van der Waals surface area (Å²) >= 11 is 0. The zero-order valence-electron chi connectivity index (χ0n) is 8.37. The van der Waals surface area contributed by atoms with Crippen LogP contribution in [0.25, 0.3) is 0 Å². The number of hydrogen-bond donors (Lipinski definition) is 6. The van der Waals surface area contributed by atoms with E-state index in [1.54, 1.807) is 0 Å². The van der Waals surface area contributed by atoms with Crippen LogP contribution in [0.4, 0.5) is 0 Å². The molecule has 0 aliphatic carbocycles. The molecule has 0 bridgehead atoms. The fourth-order valence-electron chi connectivity index (χ4n) is 0.847. The normalized spacial score (nSPS) is 19.2. The van der Waals surface area contributed by atoms with Crippen molar-refractivity contribution in [1.29, 1.82) is 0 Å². The molecule has 11 heteroatoms. The minimum absolute atomic E-state index is 0.918. The van der Waals surface area contributed by atoms with Crippen molar-refractivity contribution in [2.75, 3.05) is 6.61 Å². The van der Waals surface area contributed by atoms with Gasteiger partial charge < -0.3 is 30.3 Å². The Bertz CT molecular complexity index is 354. The molecule has 0 saturated carbocycles. The van der Waals surface area contributed by atoms with Crippen LogP contribution in [-0.2, 0) is 19.4 Å². The van der Waals surface area contributed by atoms with E-state index in [2.05, 4.69) is 4.18 Å². The summed E-state index contributed by atoms with van der Waals surface area (Å²) in [6.45, 7) is -0.918. The molecule has 0 heterocycles. The zero-order chi connectivity index (χ0) is 13.8. The zero-order valence-corrected chi connectivity index (χ0v) is 9.19. The van der Waals surface area contributed by atoms with Gasteiger partial charge in [0.25, 0.3) is 0 Å². The average molecular weight is 275 g/mol. The first-order valence-corrected chi connectivity index (χ1v) is 5.58. The van der Waals surface area contributed by atoms with Crippen LogP contribution in [0, 0.1) is 0 Å². The first kappa shape index (κ1) is 16.2. The Labute approximate surface area is 96.2 Å². The van der Waals surface area contributed by atoms with Gasteiger partial charge in [0.15, 0.2) is 0 Å². The van der Waals surface area contributed by atoms with Gasteiger partial charge in [-0.1, -0.05) is 0 Å². The molecule has 0 aromatic heterocycles. The Morgan fingerprint density at radius 1 is 1.24 bits per heavy atom. The first-order valence-electron chi connectivity index (χ1n) is 4.21. The minimum Gasteiger partial charge on any atom is -0.394 e. The van der Waals surface area contributed by atoms with Gasteiger partial charge in [-0.15, -0.1) is 0 Å². The molecule has 0 spiro atoms. The molecule has 0 aromatic rings. The number of hydrogen-bond acceptors (Lipinski definition) is 9. The molecular formula is C6H13NO9S. The molecule has 0 radical (unpaired) electrons. The highest BCUT2D eigenvalue weighted by molar-refractivity contribution is 7.81. The molecule has 4 atom stereocenters. The van der Waals surface area contributed by atoms with Crippen LogP contribution in [0.1, 0.15) is 0 Å². The van der Waals surface area contributed by atoms with E-state index >= 15 is 0 Å². The Morgan fingerprint density at radius 2 is 1.71 bits per heavy atom. The highest BCUT2D eigenvalue weighted by Crippen LogP contribution is 2.05. The van der Waals surface area contributed by atoms with Gasteiger partial charge in [0, 0.05) is 0 Å². The van der Waals surface area contributed by atoms with E-state index in [0.29, 0.717) is 0 Å². The molecule has 0 unspecified atom stereocenters. The maximum absolute atomic E-state index is 10.9. The van der Waals surface area contributed by atoms with E-state index in [0.717, 1.165) is 0 Å². The first-order chi connectivity index (χ1) is 7.60. The van der Waals surface area contributed by atoms with E-state index < -0.39 is 47.3 Å². The van der Waals surface area contributed by atoms with Gasteiger partial charge >= 0.3 is 16.4 Å². The topological polar surface area (TPSA) is 188 Å². The van der Waals surface area contributed by atoms with Crippen molar-refractivity contribution in [3.05, 3.63) is 0 Å². The van der Waals surface area contributed by atoms with Crippen molar-refractivity contribution in [2.24, 2.45) is 5.73 Å². The molecule has 10 nitrogen and oxygen atoms in total. The van der Waals surface area contributed by atoms with Crippen LogP contribution in [0.2, 0.25) is 0 Å². The van der Waals surface area contributed by atoms with Crippen LogP contribution in [0.15, 0.2) is 0 Å². The summed E-state index contributed by atoms with van der Waals surface area (Å²) in [5.74, 6) is -1.73. The van der Waals surface area contributed by atoms with Crippen molar-refractivity contribution in [2.45, 2.75) is 24.4 Å². The van der Waals surface area contributed by atoms with Gasteiger partial charge in [-0.2, -0.15) is 8.42 Å². The number of carbonyl (C=O) groups excluding carboxylic acids is 1. The van der Waals surface area contributed by atoms with Gasteiger partial charge in [0.1, 0.15) is 24.4 Å². The summed E-state index contributed by atoms with van der Waals surface area (Å²) in [4.78, 5) is 10.9. The molecule has 0 aromatic carbocycles. The van der Waals surface area contributed by atoms with Crippen molar-refractivity contribution in [3.63, 3.8) is 0 Å². The van der Waals surface area contributed by atoms with Crippen molar-refractivity contribution in [1.82, 2.24) is 0 Å². The molecule has 0 saturated heterocycles. The number of carbonyl (C=O) groups is 1. The van der Waals surface area contributed by atoms with Crippen molar-refractivity contribution < 1.29 is 42.4 Å². The predicted molar refractivity (Wildman–Crippen MR) is 50.7 cm³/mol. The van der Waals surface area contributed by atoms with Crippen LogP contribution in [0.5, 0.6) is 0 Å². The van der Waals surface area contributed by atoms with Crippen molar-refractivity contribution >= 4 is 16.4 Å². The van der Waals surface area contributed by atoms with E-state index in [1.165, 1.54) is 0 Å². The van der Waals surface area contributed by atoms with E-state index in [9.17, 15) is 18.3 Å². The summed E-state index contributed by atoms with van der Waals surface area (Å²) in [7, 11) is -5.09. The van der Waals surface area contributed by atoms with E-state index in [4.69, 9.17) is 25.6 Å². The quantitative estimate of drug-likeness (QED) is 0.259. The highest BCUT2D eigenvalue weighted by atomic mass is 32.3. The third-order valence-corrected chi connectivity index (χ3v) is 2.13. The third kappa shape index (κ3) is 5.36. The summed E-state index contributed by atoms with van der Waals surface area (Å²) in [6.07, 6.45) is -5.87. The van der Waals surface area contributed by atoms with Gasteiger partial charge in [-0.3, -0.25) is 4.55 Å². The Hall–Kier alpha value is -0.820. The monoisotopic (exact) mass is 275 g/mol. The Morgan fingerprint density at radius 3 is 2.06 bits per heavy atom. The maximum Gasteiger partial charge on any atom is 0.449 e. The van der Waals surface area contributed by atoms with Crippen LogP contribution >= 0.6 is 0 Å². The SMILES string of the molecule is N[C@@H](C(=O)OS(=O)(=O)O)[C@@H](O)[C@H](O)[C@H](O)CO. The van der Waals surface area contributed by atoms with Crippen LogP contribution in [-0.4, -0.2) is 70.3 Å². The predicted octanol–water partition coefficient (Wildman–Crippen LogP) is -4.27. The lowest BCUT2D eigenvalue weighted by atomic mass is 10.0. The highest BCUT2D eigenvalue weighted by Gasteiger charge is 2.35.